The Hall–Kier alpha value is -0.660. The van der Waals surface area contributed by atoms with Crippen LogP contribution >= 0.6 is 0 Å². The van der Waals surface area contributed by atoms with Gasteiger partial charge in [-0.15, -0.1) is 0 Å². The monoisotopic (exact) mass is 290 g/mol. The molecule has 0 aromatic rings. The van der Waals surface area contributed by atoms with Crippen LogP contribution in [0, 0.1) is 5.41 Å². The number of piperidine rings is 1. The summed E-state index contributed by atoms with van der Waals surface area (Å²) in [4.78, 5) is 13.4. The predicted octanol–water partition coefficient (Wildman–Crippen LogP) is -0.0468. The molecule has 110 valence electrons. The van der Waals surface area contributed by atoms with E-state index in [0.717, 1.165) is 25.6 Å². The van der Waals surface area contributed by atoms with Crippen molar-refractivity contribution in [1.82, 2.24) is 9.62 Å². The lowest BCUT2D eigenvalue weighted by atomic mass is 9.74. The van der Waals surface area contributed by atoms with Gasteiger partial charge in [-0.3, -0.25) is 4.79 Å². The number of carbonyl (C=O) groups is 1. The Kier molecular flexibility index (Phi) is 4.17. The van der Waals surface area contributed by atoms with Gasteiger partial charge in [-0.1, -0.05) is 0 Å². The van der Waals surface area contributed by atoms with Gasteiger partial charge >= 0.3 is 0 Å². The summed E-state index contributed by atoms with van der Waals surface area (Å²) in [5.41, 5.74) is -0.0817. The van der Waals surface area contributed by atoms with Gasteiger partial charge in [0.15, 0.2) is 0 Å². The van der Waals surface area contributed by atoms with E-state index in [1.807, 2.05) is 4.90 Å². The quantitative estimate of drug-likeness (QED) is 0.788. The Morgan fingerprint density at radius 2 is 2.26 bits per heavy atom. The van der Waals surface area contributed by atoms with Crippen molar-refractivity contribution in [2.45, 2.75) is 32.3 Å². The molecule has 0 aromatic carbocycles. The molecule has 2 rings (SSSR count). The second-order valence-corrected chi connectivity index (χ2v) is 7.45. The van der Waals surface area contributed by atoms with Crippen LogP contribution in [0.4, 0.5) is 0 Å². The molecule has 1 amide bonds. The largest absolute Gasteiger partial charge is 0.377 e. The lowest BCUT2D eigenvalue weighted by molar-refractivity contribution is -0.135. The predicted molar refractivity (Wildman–Crippen MR) is 71.1 cm³/mol. The van der Waals surface area contributed by atoms with E-state index in [9.17, 15) is 13.2 Å². The summed E-state index contributed by atoms with van der Waals surface area (Å²) in [5, 5.41) is 0. The molecule has 0 saturated carbocycles. The number of sulfonamides is 1. The molecule has 7 heteroatoms. The summed E-state index contributed by atoms with van der Waals surface area (Å²) in [6, 6.07) is 0. The van der Waals surface area contributed by atoms with Crippen molar-refractivity contribution < 1.29 is 17.9 Å². The zero-order valence-electron chi connectivity index (χ0n) is 11.5. The van der Waals surface area contributed by atoms with E-state index in [2.05, 4.69) is 4.72 Å². The molecule has 6 nitrogen and oxygen atoms in total. The van der Waals surface area contributed by atoms with E-state index in [1.54, 1.807) is 6.92 Å². The first-order chi connectivity index (χ1) is 8.82. The number of fused-ring (bicyclic) bond motifs is 1. The van der Waals surface area contributed by atoms with E-state index >= 15 is 0 Å². The number of hydrogen-bond acceptors (Lipinski definition) is 4. The highest BCUT2D eigenvalue weighted by Crippen LogP contribution is 2.43. The molecule has 1 N–H and O–H groups in total. The van der Waals surface area contributed by atoms with Crippen molar-refractivity contribution in [3.8, 4) is 0 Å². The Labute approximate surface area is 114 Å². The number of nitrogens with one attached hydrogen (secondary N) is 1. The van der Waals surface area contributed by atoms with Crippen LogP contribution in [0.25, 0.3) is 0 Å². The minimum Gasteiger partial charge on any atom is -0.377 e. The van der Waals surface area contributed by atoms with E-state index in [1.165, 1.54) is 0 Å². The molecule has 0 radical (unpaired) electrons. The molecule has 19 heavy (non-hydrogen) atoms. The summed E-state index contributed by atoms with van der Waals surface area (Å²) < 4.78 is 30.5. The zero-order valence-corrected chi connectivity index (χ0v) is 12.3. The van der Waals surface area contributed by atoms with Crippen LogP contribution < -0.4 is 4.72 Å². The molecule has 2 aliphatic heterocycles. The fourth-order valence-electron chi connectivity index (χ4n) is 3.16. The minimum atomic E-state index is -3.16. The van der Waals surface area contributed by atoms with Crippen molar-refractivity contribution in [3.05, 3.63) is 0 Å². The van der Waals surface area contributed by atoms with Crippen molar-refractivity contribution in [2.75, 3.05) is 32.5 Å². The van der Waals surface area contributed by atoms with Crippen molar-refractivity contribution in [1.29, 1.82) is 0 Å². The van der Waals surface area contributed by atoms with Gasteiger partial charge in [-0.2, -0.15) is 0 Å². The number of amides is 1. The standard InChI is InChI=1S/C12H22N2O4S/c1-10(15)14-7-3-11-12(9-14,5-8-18-11)4-6-13-19(2,16)17/h11,13H,3-9H2,1-2H3/t11-,12+/m1/s1. The van der Waals surface area contributed by atoms with Gasteiger partial charge in [-0.05, 0) is 19.3 Å². The maximum absolute atomic E-state index is 11.5. The second kappa shape index (κ2) is 5.38. The van der Waals surface area contributed by atoms with Gasteiger partial charge in [0.25, 0.3) is 0 Å². The van der Waals surface area contributed by atoms with Crippen LogP contribution in [0.3, 0.4) is 0 Å². The number of carbonyl (C=O) groups excluding carboxylic acids is 1. The summed E-state index contributed by atoms with van der Waals surface area (Å²) in [5.74, 6) is 0.0841. The maximum Gasteiger partial charge on any atom is 0.219 e. The SMILES string of the molecule is CC(=O)N1CC[C@H]2OCC[C@@]2(CCNS(C)(=O)=O)C1. The highest BCUT2D eigenvalue weighted by molar-refractivity contribution is 7.88. The summed E-state index contributed by atoms with van der Waals surface area (Å²) in [6.45, 7) is 4.11. The Morgan fingerprint density at radius 3 is 2.89 bits per heavy atom. The first-order valence-electron chi connectivity index (χ1n) is 6.64. The molecule has 0 aromatic heterocycles. The number of ether oxygens (including phenoxy) is 1. The fraction of sp³-hybridized carbons (Fsp3) is 0.917. The Morgan fingerprint density at radius 1 is 1.53 bits per heavy atom. The molecule has 2 fully saturated rings. The summed E-state index contributed by atoms with van der Waals surface area (Å²) in [7, 11) is -3.16. The highest BCUT2D eigenvalue weighted by atomic mass is 32.2. The third-order valence-corrected chi connectivity index (χ3v) is 4.93. The van der Waals surface area contributed by atoms with Crippen molar-refractivity contribution in [2.24, 2.45) is 5.41 Å². The lowest BCUT2D eigenvalue weighted by Crippen LogP contribution is -2.52. The molecule has 2 heterocycles. The average molecular weight is 290 g/mol. The number of likely N-dealkylation sites (tertiary alicyclic amines) is 1. The lowest BCUT2D eigenvalue weighted by Gasteiger charge is -2.43. The molecule has 0 aliphatic carbocycles. The Balaban J connectivity index is 2.02. The van der Waals surface area contributed by atoms with Gasteiger partial charge < -0.3 is 9.64 Å². The molecule has 0 bridgehead atoms. The van der Waals surface area contributed by atoms with Crippen LogP contribution in [0.5, 0.6) is 0 Å². The van der Waals surface area contributed by atoms with E-state index in [0.29, 0.717) is 26.1 Å². The van der Waals surface area contributed by atoms with Crippen molar-refractivity contribution >= 4 is 15.9 Å². The molecular formula is C12H22N2O4S. The molecular weight excluding hydrogens is 268 g/mol. The molecule has 2 atom stereocenters. The fourth-order valence-corrected chi connectivity index (χ4v) is 3.64. The van der Waals surface area contributed by atoms with Crippen LogP contribution in [0.15, 0.2) is 0 Å². The van der Waals surface area contributed by atoms with Crippen molar-refractivity contribution in [3.63, 3.8) is 0 Å². The third kappa shape index (κ3) is 3.46. The van der Waals surface area contributed by atoms with Gasteiger partial charge in [0, 0.05) is 38.6 Å². The van der Waals surface area contributed by atoms with Crippen LogP contribution in [0.2, 0.25) is 0 Å². The molecule has 0 unspecified atom stereocenters. The number of rotatable bonds is 4. The Bertz CT molecular complexity index is 451. The van der Waals surface area contributed by atoms with Gasteiger partial charge in [0.1, 0.15) is 0 Å². The summed E-state index contributed by atoms with van der Waals surface area (Å²) in [6.07, 6.45) is 3.78. The van der Waals surface area contributed by atoms with E-state index in [-0.39, 0.29) is 17.4 Å². The van der Waals surface area contributed by atoms with E-state index < -0.39 is 10.0 Å². The number of hydrogen-bond donors (Lipinski definition) is 1. The summed E-state index contributed by atoms with van der Waals surface area (Å²) >= 11 is 0. The van der Waals surface area contributed by atoms with E-state index in [4.69, 9.17) is 4.74 Å². The van der Waals surface area contributed by atoms with Crippen LogP contribution in [-0.4, -0.2) is 57.8 Å². The normalized spacial score (nSPS) is 31.3. The van der Waals surface area contributed by atoms with Crippen LogP contribution in [0.1, 0.15) is 26.2 Å². The first-order valence-corrected chi connectivity index (χ1v) is 8.53. The maximum atomic E-state index is 11.5. The van der Waals surface area contributed by atoms with Gasteiger partial charge in [-0.25, -0.2) is 13.1 Å². The van der Waals surface area contributed by atoms with Crippen LogP contribution in [-0.2, 0) is 19.6 Å². The smallest absolute Gasteiger partial charge is 0.219 e. The molecule has 2 saturated heterocycles. The second-order valence-electron chi connectivity index (χ2n) is 5.62. The average Bonchev–Trinajstić information content (AvgIpc) is 2.69. The molecule has 0 spiro atoms. The van der Waals surface area contributed by atoms with Gasteiger partial charge in [0.05, 0.1) is 12.4 Å². The topological polar surface area (TPSA) is 75.7 Å². The number of nitrogens with zero attached hydrogens (tertiary/aromatic N) is 1. The molecule has 2 aliphatic rings. The van der Waals surface area contributed by atoms with Gasteiger partial charge in [0.2, 0.25) is 15.9 Å². The minimum absolute atomic E-state index is 0.0817. The highest BCUT2D eigenvalue weighted by Gasteiger charge is 2.47. The first kappa shape index (κ1) is 14.7. The third-order valence-electron chi connectivity index (χ3n) is 4.20. The zero-order chi connectivity index (χ0) is 14.1.